The number of aliphatic carboxylic acids is 1. The summed E-state index contributed by atoms with van der Waals surface area (Å²) >= 11 is 0. The number of nitrogens with one attached hydrogen (secondary N) is 1. The van der Waals surface area contributed by atoms with E-state index in [4.69, 9.17) is 5.11 Å². The van der Waals surface area contributed by atoms with Crippen LogP contribution in [-0.2, 0) is 16.1 Å². The smallest absolute Gasteiger partial charge is 0.323 e. The number of carbonyl (C=O) groups is 3. The van der Waals surface area contributed by atoms with E-state index in [2.05, 4.69) is 5.32 Å². The Morgan fingerprint density at radius 1 is 1.22 bits per heavy atom. The van der Waals surface area contributed by atoms with Gasteiger partial charge in [-0.05, 0) is 30.5 Å². The highest BCUT2D eigenvalue weighted by atomic mass is 16.4. The summed E-state index contributed by atoms with van der Waals surface area (Å²) < 4.78 is 0. The van der Waals surface area contributed by atoms with Crippen LogP contribution in [0, 0.1) is 5.92 Å². The third-order valence-corrected chi connectivity index (χ3v) is 4.56. The maximum absolute atomic E-state index is 12.3. The third kappa shape index (κ3) is 3.36. The number of fused-ring (bicyclic) bond motifs is 1. The summed E-state index contributed by atoms with van der Waals surface area (Å²) in [6, 6.07) is 5.21. The molecule has 3 rings (SSSR count). The molecule has 2 N–H and O–H groups in total. The van der Waals surface area contributed by atoms with Crippen molar-refractivity contribution in [2.24, 2.45) is 5.92 Å². The Kier molecular flexibility index (Phi) is 4.32. The predicted octanol–water partition coefficient (Wildman–Crippen LogP) is 2.25. The van der Waals surface area contributed by atoms with E-state index in [0.29, 0.717) is 17.8 Å². The molecular formula is C17H20N2O4. The summed E-state index contributed by atoms with van der Waals surface area (Å²) in [6.45, 7) is -0.00536. The zero-order chi connectivity index (χ0) is 16.4. The second-order valence-electron chi connectivity index (χ2n) is 6.25. The van der Waals surface area contributed by atoms with Gasteiger partial charge >= 0.3 is 5.97 Å². The standard InChI is InChI=1S/C17H20N2O4/c20-15(21)10-19-9-12-6-7-13(8-14(12)17(19)23)18-16(22)11-4-2-1-3-5-11/h6-8,11H,1-5,9-10H2,(H,18,22)(H,20,21). The number of nitrogens with zero attached hydrogens (tertiary/aromatic N) is 1. The fourth-order valence-electron chi connectivity index (χ4n) is 3.34. The van der Waals surface area contributed by atoms with Gasteiger partial charge in [-0.15, -0.1) is 0 Å². The molecule has 1 saturated carbocycles. The summed E-state index contributed by atoms with van der Waals surface area (Å²) in [6.07, 6.45) is 5.20. The summed E-state index contributed by atoms with van der Waals surface area (Å²) in [5, 5.41) is 11.7. The first-order valence-corrected chi connectivity index (χ1v) is 7.99. The Labute approximate surface area is 134 Å². The van der Waals surface area contributed by atoms with Crippen LogP contribution in [0.1, 0.15) is 48.0 Å². The zero-order valence-corrected chi connectivity index (χ0v) is 12.9. The zero-order valence-electron chi connectivity index (χ0n) is 12.9. The Hall–Kier alpha value is -2.37. The Balaban J connectivity index is 1.70. The lowest BCUT2D eigenvalue weighted by molar-refractivity contribution is -0.137. The van der Waals surface area contributed by atoms with E-state index < -0.39 is 5.97 Å². The minimum atomic E-state index is -1.03. The van der Waals surface area contributed by atoms with Crippen molar-refractivity contribution in [1.82, 2.24) is 4.90 Å². The van der Waals surface area contributed by atoms with Crippen LogP contribution in [0.3, 0.4) is 0 Å². The topological polar surface area (TPSA) is 86.7 Å². The summed E-state index contributed by atoms with van der Waals surface area (Å²) in [4.78, 5) is 36.6. The van der Waals surface area contributed by atoms with Crippen molar-refractivity contribution in [3.05, 3.63) is 29.3 Å². The number of carbonyl (C=O) groups excluding carboxylic acids is 2. The highest BCUT2D eigenvalue weighted by Crippen LogP contribution is 2.28. The Morgan fingerprint density at radius 3 is 2.65 bits per heavy atom. The molecule has 1 heterocycles. The number of carboxylic acids is 1. The predicted molar refractivity (Wildman–Crippen MR) is 84.0 cm³/mol. The highest BCUT2D eigenvalue weighted by Gasteiger charge is 2.29. The first kappa shape index (κ1) is 15.5. The maximum Gasteiger partial charge on any atom is 0.323 e. The lowest BCUT2D eigenvalue weighted by atomic mass is 9.88. The number of benzene rings is 1. The molecule has 122 valence electrons. The first-order chi connectivity index (χ1) is 11.0. The van der Waals surface area contributed by atoms with Gasteiger partial charge in [-0.3, -0.25) is 14.4 Å². The van der Waals surface area contributed by atoms with E-state index in [0.717, 1.165) is 31.2 Å². The molecule has 23 heavy (non-hydrogen) atoms. The molecular weight excluding hydrogens is 296 g/mol. The largest absolute Gasteiger partial charge is 0.480 e. The molecule has 1 aliphatic heterocycles. The number of carboxylic acid groups (broad SMARTS) is 1. The van der Waals surface area contributed by atoms with Gasteiger partial charge in [0.05, 0.1) is 0 Å². The lowest BCUT2D eigenvalue weighted by Gasteiger charge is -2.20. The van der Waals surface area contributed by atoms with E-state index in [9.17, 15) is 14.4 Å². The van der Waals surface area contributed by atoms with Crippen molar-refractivity contribution in [1.29, 1.82) is 0 Å². The van der Waals surface area contributed by atoms with Crippen LogP contribution in [0.4, 0.5) is 5.69 Å². The normalized spacial score (nSPS) is 17.9. The second-order valence-corrected chi connectivity index (χ2v) is 6.25. The van der Waals surface area contributed by atoms with Crippen LogP contribution in [0.2, 0.25) is 0 Å². The number of rotatable bonds is 4. The van der Waals surface area contributed by atoms with E-state index in [1.165, 1.54) is 11.3 Å². The van der Waals surface area contributed by atoms with Crippen molar-refractivity contribution in [2.45, 2.75) is 38.6 Å². The molecule has 6 nitrogen and oxygen atoms in total. The van der Waals surface area contributed by atoms with Gasteiger partial charge in [0, 0.05) is 23.7 Å². The summed E-state index contributed by atoms with van der Waals surface area (Å²) in [5.41, 5.74) is 1.88. The van der Waals surface area contributed by atoms with Crippen LogP contribution in [0.5, 0.6) is 0 Å². The van der Waals surface area contributed by atoms with Gasteiger partial charge in [0.1, 0.15) is 6.54 Å². The first-order valence-electron chi connectivity index (χ1n) is 7.99. The van der Waals surface area contributed by atoms with Gasteiger partial charge in [-0.2, -0.15) is 0 Å². The van der Waals surface area contributed by atoms with Crippen LogP contribution in [-0.4, -0.2) is 34.3 Å². The van der Waals surface area contributed by atoms with Crippen LogP contribution in [0.15, 0.2) is 18.2 Å². The second kappa shape index (κ2) is 6.40. The van der Waals surface area contributed by atoms with Gasteiger partial charge < -0.3 is 15.3 Å². The minimum absolute atomic E-state index is 0.0116. The van der Waals surface area contributed by atoms with Crippen LogP contribution < -0.4 is 5.32 Å². The minimum Gasteiger partial charge on any atom is -0.480 e. The summed E-state index contributed by atoms with van der Waals surface area (Å²) in [7, 11) is 0. The van der Waals surface area contributed by atoms with E-state index in [1.807, 2.05) is 0 Å². The molecule has 0 radical (unpaired) electrons. The molecule has 2 amide bonds. The number of anilines is 1. The average Bonchev–Trinajstić information content (AvgIpc) is 2.84. The van der Waals surface area contributed by atoms with Gasteiger partial charge in [-0.1, -0.05) is 25.3 Å². The fourth-order valence-corrected chi connectivity index (χ4v) is 3.34. The van der Waals surface area contributed by atoms with Crippen molar-refractivity contribution in [3.63, 3.8) is 0 Å². The van der Waals surface area contributed by atoms with Gasteiger partial charge in [0.25, 0.3) is 5.91 Å². The monoisotopic (exact) mass is 316 g/mol. The lowest BCUT2D eigenvalue weighted by Crippen LogP contribution is -2.29. The van der Waals surface area contributed by atoms with Crippen molar-refractivity contribution in [3.8, 4) is 0 Å². The number of hydrogen-bond donors (Lipinski definition) is 2. The van der Waals surface area contributed by atoms with Crippen LogP contribution in [0.25, 0.3) is 0 Å². The molecule has 1 aromatic rings. The molecule has 0 saturated heterocycles. The third-order valence-electron chi connectivity index (χ3n) is 4.56. The Morgan fingerprint density at radius 2 is 1.96 bits per heavy atom. The SMILES string of the molecule is O=C(O)CN1Cc2ccc(NC(=O)C3CCCCC3)cc2C1=O. The summed E-state index contributed by atoms with van der Waals surface area (Å²) in [5.74, 6) is -1.26. The molecule has 6 heteroatoms. The molecule has 0 atom stereocenters. The van der Waals surface area contributed by atoms with E-state index in [-0.39, 0.29) is 24.3 Å². The van der Waals surface area contributed by atoms with E-state index in [1.54, 1.807) is 18.2 Å². The molecule has 1 aromatic carbocycles. The average molecular weight is 316 g/mol. The molecule has 2 aliphatic rings. The molecule has 0 unspecified atom stereocenters. The van der Waals surface area contributed by atoms with E-state index >= 15 is 0 Å². The molecule has 1 aliphatic carbocycles. The molecule has 1 fully saturated rings. The van der Waals surface area contributed by atoms with Crippen molar-refractivity contribution in [2.75, 3.05) is 11.9 Å². The van der Waals surface area contributed by atoms with Crippen molar-refractivity contribution < 1.29 is 19.5 Å². The number of amides is 2. The van der Waals surface area contributed by atoms with Gasteiger partial charge in [-0.25, -0.2) is 0 Å². The van der Waals surface area contributed by atoms with Gasteiger partial charge in [0.15, 0.2) is 0 Å². The van der Waals surface area contributed by atoms with Crippen molar-refractivity contribution >= 4 is 23.5 Å². The quantitative estimate of drug-likeness (QED) is 0.892. The highest BCUT2D eigenvalue weighted by molar-refractivity contribution is 6.01. The molecule has 0 spiro atoms. The maximum atomic E-state index is 12.3. The fraction of sp³-hybridized carbons (Fsp3) is 0.471. The molecule has 0 aromatic heterocycles. The Bertz CT molecular complexity index is 650. The van der Waals surface area contributed by atoms with Gasteiger partial charge in [0.2, 0.25) is 5.91 Å². The number of hydrogen-bond acceptors (Lipinski definition) is 3. The van der Waals surface area contributed by atoms with Crippen LogP contribution >= 0.6 is 0 Å². The molecule has 0 bridgehead atoms.